The number of aromatic nitrogens is 3. The van der Waals surface area contributed by atoms with Crippen LogP contribution in [0.25, 0.3) is 11.3 Å². The van der Waals surface area contributed by atoms with Gasteiger partial charge in [0.25, 0.3) is 5.91 Å². The molecule has 3 rings (SSSR count). The molecule has 26 heavy (non-hydrogen) atoms. The average Bonchev–Trinajstić information content (AvgIpc) is 3.06. The van der Waals surface area contributed by atoms with Crippen molar-refractivity contribution < 1.29 is 19.2 Å². The summed E-state index contributed by atoms with van der Waals surface area (Å²) >= 11 is 0. The van der Waals surface area contributed by atoms with Gasteiger partial charge in [-0.1, -0.05) is 35.5 Å². The van der Waals surface area contributed by atoms with Crippen LogP contribution >= 0.6 is 0 Å². The molecule has 0 bridgehead atoms. The predicted octanol–water partition coefficient (Wildman–Crippen LogP) is 1.74. The summed E-state index contributed by atoms with van der Waals surface area (Å²) in [5, 5.41) is 23.0. The predicted molar refractivity (Wildman–Crippen MR) is 92.5 cm³/mol. The molecule has 134 valence electrons. The highest BCUT2D eigenvalue weighted by Gasteiger charge is 2.16. The maximum atomic E-state index is 11.7. The van der Waals surface area contributed by atoms with Crippen LogP contribution in [-0.4, -0.2) is 39.5 Å². The Hall–Kier alpha value is -3.26. The summed E-state index contributed by atoms with van der Waals surface area (Å²) < 4.78 is 11.0. The van der Waals surface area contributed by atoms with Crippen LogP contribution in [-0.2, 0) is 6.61 Å². The summed E-state index contributed by atoms with van der Waals surface area (Å²) in [6.45, 7) is 2.05. The largest absolute Gasteiger partial charge is 0.472 e. The van der Waals surface area contributed by atoms with Crippen LogP contribution in [0, 0.1) is 6.92 Å². The van der Waals surface area contributed by atoms with E-state index in [4.69, 9.17) is 14.4 Å². The number of carbonyl (C=O) groups excluding carboxylic acids is 1. The number of nitrogens with zero attached hydrogens (tertiary/aromatic N) is 3. The molecular formula is C18H18N4O4. The van der Waals surface area contributed by atoms with Gasteiger partial charge in [0.05, 0.1) is 12.2 Å². The van der Waals surface area contributed by atoms with Crippen molar-refractivity contribution in [2.24, 2.45) is 0 Å². The van der Waals surface area contributed by atoms with Crippen LogP contribution in [0.3, 0.4) is 0 Å². The molecule has 0 spiro atoms. The number of rotatable bonds is 7. The maximum absolute atomic E-state index is 11.7. The van der Waals surface area contributed by atoms with Gasteiger partial charge in [-0.25, -0.2) is 0 Å². The number of aliphatic hydroxyl groups is 1. The second-order valence-corrected chi connectivity index (χ2v) is 5.46. The van der Waals surface area contributed by atoms with E-state index >= 15 is 0 Å². The van der Waals surface area contributed by atoms with E-state index in [1.165, 1.54) is 6.07 Å². The lowest BCUT2D eigenvalue weighted by Crippen LogP contribution is -2.27. The Labute approximate surface area is 149 Å². The molecule has 0 fully saturated rings. The van der Waals surface area contributed by atoms with Crippen molar-refractivity contribution >= 4 is 5.91 Å². The minimum absolute atomic E-state index is 0.137. The van der Waals surface area contributed by atoms with E-state index in [9.17, 15) is 4.79 Å². The van der Waals surface area contributed by atoms with Gasteiger partial charge in [-0.05, 0) is 13.0 Å². The SMILES string of the molecule is Cc1onc(-c2ccccc2)c1COc1ccc(C(=O)NCCO)nn1. The van der Waals surface area contributed by atoms with E-state index in [0.29, 0.717) is 5.76 Å². The Morgan fingerprint density at radius 1 is 1.19 bits per heavy atom. The smallest absolute Gasteiger partial charge is 0.271 e. The standard InChI is InChI=1S/C18H18N4O4/c1-12-14(17(22-26-12)13-5-3-2-4-6-13)11-25-16-8-7-15(20-21-16)18(24)19-9-10-23/h2-8,23H,9-11H2,1H3,(H,19,24). The average molecular weight is 354 g/mol. The van der Waals surface area contributed by atoms with E-state index < -0.39 is 5.91 Å². The van der Waals surface area contributed by atoms with Crippen LogP contribution in [0.1, 0.15) is 21.8 Å². The zero-order valence-corrected chi connectivity index (χ0v) is 14.2. The lowest BCUT2D eigenvalue weighted by Gasteiger charge is -2.06. The third-order valence-corrected chi connectivity index (χ3v) is 3.67. The highest BCUT2D eigenvalue weighted by Crippen LogP contribution is 2.26. The number of aliphatic hydroxyl groups excluding tert-OH is 1. The third kappa shape index (κ3) is 4.04. The van der Waals surface area contributed by atoms with Gasteiger partial charge < -0.3 is 19.7 Å². The Balaban J connectivity index is 1.68. The number of aryl methyl sites for hydroxylation is 1. The fourth-order valence-corrected chi connectivity index (χ4v) is 2.31. The van der Waals surface area contributed by atoms with Crippen molar-refractivity contribution in [3.05, 3.63) is 59.5 Å². The Bertz CT molecular complexity index is 863. The van der Waals surface area contributed by atoms with Gasteiger partial charge in [0.1, 0.15) is 18.1 Å². The summed E-state index contributed by atoms with van der Waals surface area (Å²) in [6, 6.07) is 12.7. The highest BCUT2D eigenvalue weighted by atomic mass is 16.5. The van der Waals surface area contributed by atoms with Crippen LogP contribution < -0.4 is 10.1 Å². The molecule has 2 aromatic heterocycles. The first-order valence-corrected chi connectivity index (χ1v) is 8.05. The van der Waals surface area contributed by atoms with Crippen molar-refractivity contribution in [3.8, 4) is 17.1 Å². The lowest BCUT2D eigenvalue weighted by molar-refractivity contribution is 0.0938. The first-order chi connectivity index (χ1) is 12.7. The minimum atomic E-state index is -0.403. The molecule has 8 heteroatoms. The van der Waals surface area contributed by atoms with E-state index in [2.05, 4.69) is 20.7 Å². The molecule has 0 unspecified atom stereocenters. The van der Waals surface area contributed by atoms with Gasteiger partial charge >= 0.3 is 0 Å². The second-order valence-electron chi connectivity index (χ2n) is 5.46. The fourth-order valence-electron chi connectivity index (χ4n) is 2.31. The normalized spacial score (nSPS) is 10.5. The molecule has 0 radical (unpaired) electrons. The summed E-state index contributed by atoms with van der Waals surface area (Å²) in [5.41, 5.74) is 2.63. The van der Waals surface area contributed by atoms with Crippen molar-refractivity contribution in [2.75, 3.05) is 13.2 Å². The zero-order chi connectivity index (χ0) is 18.4. The van der Waals surface area contributed by atoms with Gasteiger partial charge in [0.15, 0.2) is 5.69 Å². The van der Waals surface area contributed by atoms with Gasteiger partial charge in [0, 0.05) is 18.2 Å². The quantitative estimate of drug-likeness (QED) is 0.665. The minimum Gasteiger partial charge on any atom is -0.472 e. The van der Waals surface area contributed by atoms with Gasteiger partial charge in [0.2, 0.25) is 5.88 Å². The number of nitrogens with one attached hydrogen (secondary N) is 1. The molecule has 2 heterocycles. The number of benzene rings is 1. The van der Waals surface area contributed by atoms with E-state index in [-0.39, 0.29) is 31.3 Å². The van der Waals surface area contributed by atoms with E-state index in [1.54, 1.807) is 6.07 Å². The van der Waals surface area contributed by atoms with Crippen LogP contribution in [0.4, 0.5) is 0 Å². The van der Waals surface area contributed by atoms with Gasteiger partial charge in [-0.3, -0.25) is 4.79 Å². The van der Waals surface area contributed by atoms with E-state index in [0.717, 1.165) is 16.8 Å². The van der Waals surface area contributed by atoms with Crippen LogP contribution in [0.15, 0.2) is 47.0 Å². The van der Waals surface area contributed by atoms with Crippen molar-refractivity contribution in [3.63, 3.8) is 0 Å². The lowest BCUT2D eigenvalue weighted by atomic mass is 10.1. The van der Waals surface area contributed by atoms with Crippen molar-refractivity contribution in [1.82, 2.24) is 20.7 Å². The molecule has 0 aliphatic heterocycles. The van der Waals surface area contributed by atoms with E-state index in [1.807, 2.05) is 37.3 Å². The van der Waals surface area contributed by atoms with Gasteiger partial charge in [-0.15, -0.1) is 10.2 Å². The molecule has 0 saturated heterocycles. The monoisotopic (exact) mass is 354 g/mol. The van der Waals surface area contributed by atoms with Crippen LogP contribution in [0.2, 0.25) is 0 Å². The first-order valence-electron chi connectivity index (χ1n) is 8.05. The topological polar surface area (TPSA) is 110 Å². The Morgan fingerprint density at radius 3 is 2.69 bits per heavy atom. The molecule has 2 N–H and O–H groups in total. The number of carbonyl (C=O) groups is 1. The molecule has 0 aliphatic rings. The van der Waals surface area contributed by atoms with Crippen molar-refractivity contribution in [2.45, 2.75) is 13.5 Å². The highest BCUT2D eigenvalue weighted by molar-refractivity contribution is 5.92. The maximum Gasteiger partial charge on any atom is 0.271 e. The molecular weight excluding hydrogens is 336 g/mol. The Kier molecular flexibility index (Phi) is 5.55. The molecule has 1 amide bonds. The summed E-state index contributed by atoms with van der Waals surface area (Å²) in [5.74, 6) is 0.541. The molecule has 0 atom stereocenters. The molecule has 0 aliphatic carbocycles. The number of hydrogen-bond donors (Lipinski definition) is 2. The molecule has 3 aromatic rings. The summed E-state index contributed by atoms with van der Waals surface area (Å²) in [4.78, 5) is 11.7. The first kappa shape index (κ1) is 17.6. The second kappa shape index (κ2) is 8.21. The van der Waals surface area contributed by atoms with Crippen LogP contribution in [0.5, 0.6) is 5.88 Å². The number of hydrogen-bond acceptors (Lipinski definition) is 7. The number of ether oxygens (including phenoxy) is 1. The van der Waals surface area contributed by atoms with Crippen molar-refractivity contribution in [1.29, 1.82) is 0 Å². The fraction of sp³-hybridized carbons (Fsp3) is 0.222. The van der Waals surface area contributed by atoms with Gasteiger partial charge in [-0.2, -0.15) is 0 Å². The molecule has 0 saturated carbocycles. The number of amides is 1. The Morgan fingerprint density at radius 2 is 2.00 bits per heavy atom. The zero-order valence-electron chi connectivity index (χ0n) is 14.2. The summed E-state index contributed by atoms with van der Waals surface area (Å²) in [6.07, 6.45) is 0. The summed E-state index contributed by atoms with van der Waals surface area (Å²) in [7, 11) is 0. The molecule has 1 aromatic carbocycles. The third-order valence-electron chi connectivity index (χ3n) is 3.67. The molecule has 8 nitrogen and oxygen atoms in total.